The van der Waals surface area contributed by atoms with Crippen LogP contribution in [0.15, 0.2) is 18.2 Å². The highest BCUT2D eigenvalue weighted by Gasteiger charge is 2.41. The molecule has 3 nitrogen and oxygen atoms in total. The second-order valence-electron chi connectivity index (χ2n) is 4.64. The molecule has 1 aliphatic carbocycles. The van der Waals surface area contributed by atoms with Gasteiger partial charge in [0, 0.05) is 23.4 Å². The predicted octanol–water partition coefficient (Wildman–Crippen LogP) is 2.40. The molecule has 0 aromatic heterocycles. The van der Waals surface area contributed by atoms with E-state index in [-0.39, 0.29) is 0 Å². The van der Waals surface area contributed by atoms with Gasteiger partial charge in [0.2, 0.25) is 6.79 Å². The Labute approximate surface area is 106 Å². The van der Waals surface area contributed by atoms with Crippen LogP contribution in [0.2, 0.25) is 0 Å². The van der Waals surface area contributed by atoms with Crippen LogP contribution in [0.5, 0.6) is 11.5 Å². The number of para-hydroxylation sites is 1. The molecule has 17 heavy (non-hydrogen) atoms. The van der Waals surface area contributed by atoms with Crippen LogP contribution in [-0.4, -0.2) is 24.3 Å². The fourth-order valence-corrected chi connectivity index (χ4v) is 2.90. The molecule has 1 fully saturated rings. The van der Waals surface area contributed by atoms with Crippen molar-refractivity contribution in [3.8, 4) is 11.5 Å². The smallest absolute Gasteiger partial charge is 0.231 e. The normalized spacial score (nSPS) is 19.4. The van der Waals surface area contributed by atoms with Crippen molar-refractivity contribution in [2.75, 3.05) is 19.6 Å². The Morgan fingerprint density at radius 1 is 1.35 bits per heavy atom. The average Bonchev–Trinajstić information content (AvgIpc) is 2.97. The first-order valence-corrected chi connectivity index (χ1v) is 7.19. The molecule has 0 unspecified atom stereocenters. The average molecular weight is 251 g/mol. The Hall–Kier alpha value is -0.870. The zero-order valence-corrected chi connectivity index (χ0v) is 10.8. The third-order valence-electron chi connectivity index (χ3n) is 3.48. The monoisotopic (exact) mass is 251 g/mol. The van der Waals surface area contributed by atoms with E-state index in [0.717, 1.165) is 24.6 Å². The maximum Gasteiger partial charge on any atom is 0.231 e. The second-order valence-corrected chi connectivity index (χ2v) is 5.92. The molecule has 0 bridgehead atoms. The highest BCUT2D eigenvalue weighted by molar-refractivity contribution is 8.00. The van der Waals surface area contributed by atoms with Crippen LogP contribution in [0.3, 0.4) is 0 Å². The molecule has 1 aliphatic heterocycles. The molecule has 3 rings (SSSR count). The maximum atomic E-state index is 5.49. The Bertz CT molecular complexity index is 418. The second kappa shape index (κ2) is 4.42. The molecule has 1 aromatic rings. The van der Waals surface area contributed by atoms with Crippen molar-refractivity contribution in [1.29, 1.82) is 0 Å². The van der Waals surface area contributed by atoms with Gasteiger partial charge in [-0.1, -0.05) is 12.1 Å². The van der Waals surface area contributed by atoms with E-state index in [1.165, 1.54) is 18.4 Å². The topological polar surface area (TPSA) is 30.5 Å². The summed E-state index contributed by atoms with van der Waals surface area (Å²) in [5.74, 6) is 1.78. The van der Waals surface area contributed by atoms with Crippen molar-refractivity contribution < 1.29 is 9.47 Å². The van der Waals surface area contributed by atoms with Gasteiger partial charge in [0.15, 0.2) is 11.5 Å². The number of nitrogens with one attached hydrogen (secondary N) is 1. The van der Waals surface area contributed by atoms with Gasteiger partial charge in [0.1, 0.15) is 0 Å². The number of ether oxygens (including phenoxy) is 2. The van der Waals surface area contributed by atoms with Gasteiger partial charge in [-0.2, -0.15) is 11.8 Å². The van der Waals surface area contributed by atoms with Gasteiger partial charge in [0.05, 0.1) is 0 Å². The molecule has 1 saturated carbocycles. The quantitative estimate of drug-likeness (QED) is 0.870. The van der Waals surface area contributed by atoms with Crippen molar-refractivity contribution in [1.82, 2.24) is 5.32 Å². The van der Waals surface area contributed by atoms with Crippen molar-refractivity contribution in [2.24, 2.45) is 0 Å². The molecule has 1 N–H and O–H groups in total. The van der Waals surface area contributed by atoms with Crippen LogP contribution in [0, 0.1) is 0 Å². The third kappa shape index (κ3) is 2.24. The van der Waals surface area contributed by atoms with Gasteiger partial charge < -0.3 is 14.8 Å². The fourth-order valence-electron chi connectivity index (χ4n) is 2.15. The lowest BCUT2D eigenvalue weighted by atomic mass is 10.2. The number of fused-ring (bicyclic) bond motifs is 1. The Kier molecular flexibility index (Phi) is 2.92. The first-order chi connectivity index (χ1) is 8.33. The minimum atomic E-state index is 0.348. The molecule has 4 heteroatoms. The van der Waals surface area contributed by atoms with Crippen LogP contribution in [0.4, 0.5) is 0 Å². The summed E-state index contributed by atoms with van der Waals surface area (Å²) in [5, 5.41) is 3.53. The zero-order valence-electron chi connectivity index (χ0n) is 9.99. The molecular weight excluding hydrogens is 234 g/mol. The minimum Gasteiger partial charge on any atom is -0.454 e. The summed E-state index contributed by atoms with van der Waals surface area (Å²) in [4.78, 5) is 0. The van der Waals surface area contributed by atoms with Crippen molar-refractivity contribution in [2.45, 2.75) is 24.1 Å². The van der Waals surface area contributed by atoms with E-state index >= 15 is 0 Å². The Balaban J connectivity index is 1.60. The molecule has 0 radical (unpaired) electrons. The van der Waals surface area contributed by atoms with Crippen molar-refractivity contribution in [3.05, 3.63) is 23.8 Å². The third-order valence-corrected chi connectivity index (χ3v) is 4.90. The molecule has 92 valence electrons. The number of thioether (sulfide) groups is 1. The molecule has 0 saturated heterocycles. The number of rotatable bonds is 5. The molecule has 0 amide bonds. The molecule has 0 atom stereocenters. The van der Waals surface area contributed by atoms with Crippen molar-refractivity contribution >= 4 is 11.8 Å². The van der Waals surface area contributed by atoms with Gasteiger partial charge in [-0.3, -0.25) is 0 Å². The summed E-state index contributed by atoms with van der Waals surface area (Å²) in [6, 6.07) is 6.07. The van der Waals surface area contributed by atoms with Gasteiger partial charge in [0.25, 0.3) is 0 Å². The highest BCUT2D eigenvalue weighted by Crippen LogP contribution is 2.46. The van der Waals surface area contributed by atoms with Crippen LogP contribution < -0.4 is 14.8 Å². The molecule has 1 aromatic carbocycles. The summed E-state index contributed by atoms with van der Waals surface area (Å²) >= 11 is 1.98. The minimum absolute atomic E-state index is 0.348. The molecule has 2 aliphatic rings. The lowest BCUT2D eigenvalue weighted by Crippen LogP contribution is -2.25. The Morgan fingerprint density at radius 3 is 3.00 bits per heavy atom. The Morgan fingerprint density at radius 2 is 2.24 bits per heavy atom. The number of benzene rings is 1. The van der Waals surface area contributed by atoms with E-state index in [1.807, 2.05) is 23.9 Å². The van der Waals surface area contributed by atoms with E-state index in [0.29, 0.717) is 11.5 Å². The summed E-state index contributed by atoms with van der Waals surface area (Å²) in [6.07, 6.45) is 4.88. The van der Waals surface area contributed by atoms with Gasteiger partial charge >= 0.3 is 0 Å². The van der Waals surface area contributed by atoms with E-state index in [2.05, 4.69) is 17.6 Å². The molecular formula is C13H17NO2S. The summed E-state index contributed by atoms with van der Waals surface area (Å²) in [5.41, 5.74) is 1.19. The van der Waals surface area contributed by atoms with Gasteiger partial charge in [-0.15, -0.1) is 0 Å². The first kappa shape index (κ1) is 11.2. The fraction of sp³-hybridized carbons (Fsp3) is 0.538. The maximum absolute atomic E-state index is 5.49. The molecule has 1 heterocycles. The lowest BCUT2D eigenvalue weighted by Gasteiger charge is -2.13. The predicted molar refractivity (Wildman–Crippen MR) is 69.8 cm³/mol. The van der Waals surface area contributed by atoms with Gasteiger partial charge in [-0.25, -0.2) is 0 Å². The van der Waals surface area contributed by atoms with E-state index < -0.39 is 0 Å². The van der Waals surface area contributed by atoms with Crippen LogP contribution in [0.1, 0.15) is 18.4 Å². The van der Waals surface area contributed by atoms with Crippen LogP contribution in [0.25, 0.3) is 0 Å². The summed E-state index contributed by atoms with van der Waals surface area (Å²) < 4.78 is 11.4. The number of hydrogen-bond acceptors (Lipinski definition) is 4. The van der Waals surface area contributed by atoms with E-state index in [4.69, 9.17) is 9.47 Å². The highest BCUT2D eigenvalue weighted by atomic mass is 32.2. The summed E-state index contributed by atoms with van der Waals surface area (Å²) in [7, 11) is 0. The van der Waals surface area contributed by atoms with E-state index in [9.17, 15) is 0 Å². The summed E-state index contributed by atoms with van der Waals surface area (Å²) in [6.45, 7) is 2.29. The largest absolute Gasteiger partial charge is 0.454 e. The van der Waals surface area contributed by atoms with E-state index in [1.54, 1.807) is 0 Å². The van der Waals surface area contributed by atoms with Crippen LogP contribution in [-0.2, 0) is 6.54 Å². The lowest BCUT2D eigenvalue weighted by molar-refractivity contribution is 0.173. The first-order valence-electron chi connectivity index (χ1n) is 5.96. The standard InChI is InChI=1S/C13H17NO2S/c1-17-13(5-6-13)8-14-7-10-3-2-4-11-12(10)16-9-15-11/h2-4,14H,5-9H2,1H3. The number of hydrogen-bond donors (Lipinski definition) is 1. The molecule has 0 spiro atoms. The van der Waals surface area contributed by atoms with Crippen molar-refractivity contribution in [3.63, 3.8) is 0 Å². The van der Waals surface area contributed by atoms with Gasteiger partial charge in [-0.05, 0) is 25.2 Å². The SMILES string of the molecule is CSC1(CNCc2cccc3c2OCO3)CC1. The zero-order chi connectivity index (χ0) is 11.7. The van der Waals surface area contributed by atoms with Crippen LogP contribution >= 0.6 is 11.8 Å².